The highest BCUT2D eigenvalue weighted by Crippen LogP contribution is 2.24. The average Bonchev–Trinajstić information content (AvgIpc) is 3.38. The molecule has 0 unspecified atom stereocenters. The molecule has 0 radical (unpaired) electrons. The van der Waals surface area contributed by atoms with Crippen LogP contribution in [0.1, 0.15) is 21.0 Å². The van der Waals surface area contributed by atoms with Gasteiger partial charge in [0.15, 0.2) is 11.4 Å². The molecule has 33 heavy (non-hydrogen) atoms. The second-order valence-corrected chi connectivity index (χ2v) is 6.47. The standard InChI is InChI=1S/C10H9N3O4.C9H7N3O4/c1-12-8-4-3-6(13(15)16)5-7(8)9(11-12)10(14)17-2;1-16-9(13)8-6-4-5(12(14)15)2-3-7(6)10-11-8/h3-5H,1-2H3;2-4H,1H3,(H,10,11). The highest BCUT2D eigenvalue weighted by molar-refractivity contribution is 6.03. The van der Waals surface area contributed by atoms with Crippen LogP contribution in [0.25, 0.3) is 21.8 Å². The van der Waals surface area contributed by atoms with Crippen molar-refractivity contribution in [3.8, 4) is 0 Å². The van der Waals surface area contributed by atoms with E-state index in [0.29, 0.717) is 21.8 Å². The summed E-state index contributed by atoms with van der Waals surface area (Å²) in [6, 6.07) is 8.34. The number of esters is 2. The van der Waals surface area contributed by atoms with Crippen molar-refractivity contribution in [1.82, 2.24) is 20.0 Å². The molecule has 0 saturated heterocycles. The topological polar surface area (TPSA) is 185 Å². The molecule has 1 N–H and O–H groups in total. The number of nitro groups is 2. The average molecular weight is 456 g/mol. The van der Waals surface area contributed by atoms with Gasteiger partial charge in [-0.3, -0.25) is 30.0 Å². The summed E-state index contributed by atoms with van der Waals surface area (Å²) in [6.45, 7) is 0. The summed E-state index contributed by atoms with van der Waals surface area (Å²) in [5, 5.41) is 32.3. The number of hydrogen-bond donors (Lipinski definition) is 1. The lowest BCUT2D eigenvalue weighted by Crippen LogP contribution is -2.03. The van der Waals surface area contributed by atoms with Gasteiger partial charge in [0.1, 0.15) is 0 Å². The minimum Gasteiger partial charge on any atom is -0.464 e. The van der Waals surface area contributed by atoms with Crippen LogP contribution < -0.4 is 0 Å². The smallest absolute Gasteiger partial charge is 0.359 e. The van der Waals surface area contributed by atoms with E-state index in [1.54, 1.807) is 13.1 Å². The molecule has 4 rings (SSSR count). The number of benzene rings is 2. The molecule has 0 aliphatic carbocycles. The van der Waals surface area contributed by atoms with Gasteiger partial charge in [-0.05, 0) is 12.1 Å². The number of carbonyl (C=O) groups excluding carboxylic acids is 2. The van der Waals surface area contributed by atoms with Crippen molar-refractivity contribution < 1.29 is 28.9 Å². The SMILES string of the molecule is COC(=O)c1n[nH]c2ccc([N+](=O)[O-])cc12.COC(=O)c1nn(C)c2ccc([N+](=O)[O-])cc12. The monoisotopic (exact) mass is 456 g/mol. The fourth-order valence-corrected chi connectivity index (χ4v) is 2.98. The number of fused-ring (bicyclic) bond motifs is 2. The van der Waals surface area contributed by atoms with Gasteiger partial charge in [0.05, 0.1) is 35.1 Å². The van der Waals surface area contributed by atoms with Gasteiger partial charge in [-0.1, -0.05) is 0 Å². The summed E-state index contributed by atoms with van der Waals surface area (Å²) in [5.74, 6) is -1.25. The van der Waals surface area contributed by atoms with E-state index in [2.05, 4.69) is 24.8 Å². The molecule has 2 aromatic heterocycles. The first kappa shape index (κ1) is 22.8. The summed E-state index contributed by atoms with van der Waals surface area (Å²) in [5.41, 5.74) is 1.12. The molecule has 14 heteroatoms. The maximum absolute atomic E-state index is 11.5. The number of aromatic amines is 1. The first-order chi connectivity index (χ1) is 15.7. The van der Waals surface area contributed by atoms with Crippen molar-refractivity contribution in [2.24, 2.45) is 7.05 Å². The van der Waals surface area contributed by atoms with Crippen molar-refractivity contribution in [2.75, 3.05) is 14.2 Å². The van der Waals surface area contributed by atoms with Crippen LogP contribution >= 0.6 is 0 Å². The summed E-state index contributed by atoms with van der Waals surface area (Å²) < 4.78 is 10.6. The zero-order valence-corrected chi connectivity index (χ0v) is 17.5. The van der Waals surface area contributed by atoms with Crippen LogP contribution in [-0.2, 0) is 16.5 Å². The van der Waals surface area contributed by atoms with Crippen LogP contribution in [-0.4, -0.2) is 56.0 Å². The molecule has 2 heterocycles. The fraction of sp³-hybridized carbons (Fsp3) is 0.158. The minimum absolute atomic E-state index is 0.0428. The van der Waals surface area contributed by atoms with Crippen molar-refractivity contribution in [3.05, 3.63) is 68.0 Å². The summed E-state index contributed by atoms with van der Waals surface area (Å²) in [6.07, 6.45) is 0. The number of rotatable bonds is 4. The maximum atomic E-state index is 11.5. The lowest BCUT2D eigenvalue weighted by Gasteiger charge is -1.95. The lowest BCUT2D eigenvalue weighted by atomic mass is 10.2. The molecule has 0 amide bonds. The summed E-state index contributed by atoms with van der Waals surface area (Å²) in [4.78, 5) is 42.9. The molecule has 0 atom stereocenters. The van der Waals surface area contributed by atoms with Gasteiger partial charge in [0.2, 0.25) is 0 Å². The summed E-state index contributed by atoms with van der Waals surface area (Å²) >= 11 is 0. The Bertz CT molecular complexity index is 1410. The van der Waals surface area contributed by atoms with E-state index in [0.717, 1.165) is 0 Å². The molecule has 0 saturated carbocycles. The van der Waals surface area contributed by atoms with Crippen LogP contribution in [0, 0.1) is 20.2 Å². The largest absolute Gasteiger partial charge is 0.464 e. The van der Waals surface area contributed by atoms with Crippen LogP contribution in [0.15, 0.2) is 36.4 Å². The highest BCUT2D eigenvalue weighted by atomic mass is 16.6. The van der Waals surface area contributed by atoms with Gasteiger partial charge < -0.3 is 9.47 Å². The van der Waals surface area contributed by atoms with E-state index >= 15 is 0 Å². The number of nitrogens with zero attached hydrogens (tertiary/aromatic N) is 5. The second kappa shape index (κ2) is 9.09. The van der Waals surface area contributed by atoms with Gasteiger partial charge in [0, 0.05) is 42.1 Å². The van der Waals surface area contributed by atoms with E-state index in [1.807, 2.05) is 0 Å². The van der Waals surface area contributed by atoms with Crippen molar-refractivity contribution >= 4 is 45.1 Å². The zero-order valence-electron chi connectivity index (χ0n) is 17.5. The molecule has 170 valence electrons. The number of aryl methyl sites for hydroxylation is 1. The Morgan fingerprint density at radius 2 is 1.45 bits per heavy atom. The van der Waals surface area contributed by atoms with Gasteiger partial charge >= 0.3 is 11.9 Å². The predicted molar refractivity (Wildman–Crippen MR) is 113 cm³/mol. The molecule has 0 bridgehead atoms. The van der Waals surface area contributed by atoms with Gasteiger partial charge in [-0.15, -0.1) is 0 Å². The molecular weight excluding hydrogens is 440 g/mol. The van der Waals surface area contributed by atoms with Gasteiger partial charge in [0.25, 0.3) is 11.4 Å². The Hall–Kier alpha value is -4.88. The van der Waals surface area contributed by atoms with E-state index in [4.69, 9.17) is 0 Å². The number of ether oxygens (including phenoxy) is 2. The number of aromatic nitrogens is 4. The predicted octanol–water partition coefficient (Wildman–Crippen LogP) is 2.53. The van der Waals surface area contributed by atoms with E-state index in [9.17, 15) is 29.8 Å². The lowest BCUT2D eigenvalue weighted by molar-refractivity contribution is -0.384. The normalized spacial score (nSPS) is 10.4. The number of methoxy groups -OCH3 is 2. The Kier molecular flexibility index (Phi) is 6.28. The molecular formula is C19H16N6O8. The van der Waals surface area contributed by atoms with Crippen LogP contribution in [0.4, 0.5) is 11.4 Å². The van der Waals surface area contributed by atoms with E-state index in [1.165, 1.54) is 49.2 Å². The molecule has 2 aromatic carbocycles. The number of non-ortho nitro benzene ring substituents is 2. The van der Waals surface area contributed by atoms with Crippen LogP contribution in [0.5, 0.6) is 0 Å². The van der Waals surface area contributed by atoms with Crippen LogP contribution in [0.3, 0.4) is 0 Å². The highest BCUT2D eigenvalue weighted by Gasteiger charge is 2.19. The second-order valence-electron chi connectivity index (χ2n) is 6.47. The third-order valence-corrected chi connectivity index (χ3v) is 4.56. The quantitative estimate of drug-likeness (QED) is 0.272. The first-order valence-electron chi connectivity index (χ1n) is 9.08. The minimum atomic E-state index is -0.633. The first-order valence-corrected chi connectivity index (χ1v) is 9.08. The number of carbonyl (C=O) groups is 2. The molecule has 0 spiro atoms. The van der Waals surface area contributed by atoms with Crippen LogP contribution in [0.2, 0.25) is 0 Å². The molecule has 4 aromatic rings. The molecule has 0 aliphatic heterocycles. The fourth-order valence-electron chi connectivity index (χ4n) is 2.98. The zero-order chi connectivity index (χ0) is 24.3. The number of H-pyrrole nitrogens is 1. The number of nitro benzene ring substituents is 2. The molecule has 0 fully saturated rings. The Labute approximate surface area is 184 Å². The summed E-state index contributed by atoms with van der Waals surface area (Å²) in [7, 11) is 4.11. The van der Waals surface area contributed by atoms with Gasteiger partial charge in [-0.25, -0.2) is 9.59 Å². The maximum Gasteiger partial charge on any atom is 0.359 e. The number of nitrogens with one attached hydrogen (secondary N) is 1. The third-order valence-electron chi connectivity index (χ3n) is 4.56. The van der Waals surface area contributed by atoms with Crippen molar-refractivity contribution in [3.63, 3.8) is 0 Å². The molecule has 14 nitrogen and oxygen atoms in total. The van der Waals surface area contributed by atoms with Crippen molar-refractivity contribution in [1.29, 1.82) is 0 Å². The number of hydrogen-bond acceptors (Lipinski definition) is 10. The van der Waals surface area contributed by atoms with E-state index < -0.39 is 21.8 Å². The Morgan fingerprint density at radius 3 is 2.03 bits per heavy atom. The third kappa shape index (κ3) is 4.43. The molecule has 0 aliphatic rings. The van der Waals surface area contributed by atoms with E-state index in [-0.39, 0.29) is 22.8 Å². The Morgan fingerprint density at radius 1 is 0.909 bits per heavy atom. The Balaban J connectivity index is 0.000000186. The van der Waals surface area contributed by atoms with Crippen molar-refractivity contribution in [2.45, 2.75) is 0 Å². The van der Waals surface area contributed by atoms with Gasteiger partial charge in [-0.2, -0.15) is 10.2 Å².